The molecule has 8 heteroatoms. The van der Waals surface area contributed by atoms with Gasteiger partial charge in [-0.25, -0.2) is 8.42 Å². The first kappa shape index (κ1) is 14.0. The van der Waals surface area contributed by atoms with Crippen LogP contribution in [0.5, 0.6) is 0 Å². The Morgan fingerprint density at radius 1 is 1.47 bits per heavy atom. The monoisotopic (exact) mass is 287 g/mol. The minimum Gasteiger partial charge on any atom is -0.387 e. The number of nitrogens with one attached hydrogen (secondary N) is 1. The molecule has 2 rings (SSSR count). The van der Waals surface area contributed by atoms with E-state index in [0.29, 0.717) is 0 Å². The Morgan fingerprint density at radius 2 is 2.05 bits per heavy atom. The number of carbonyl (C=O) groups is 1. The fraction of sp³-hybridized carbons (Fsp3) is 0.545. The Balaban J connectivity index is 2.30. The molecule has 1 aliphatic rings. The maximum Gasteiger partial charge on any atom is 0.267 e. The number of rotatable bonds is 3. The van der Waals surface area contributed by atoms with Gasteiger partial charge in [-0.2, -0.15) is 4.31 Å². The van der Waals surface area contributed by atoms with Gasteiger partial charge >= 0.3 is 0 Å². The number of sulfonamides is 1. The highest BCUT2D eigenvalue weighted by Gasteiger charge is 2.44. The zero-order chi connectivity index (χ0) is 14.4. The number of hydrogen-bond donors (Lipinski definition) is 2. The third kappa shape index (κ3) is 2.38. The van der Waals surface area contributed by atoms with Crippen molar-refractivity contribution in [3.05, 3.63) is 18.0 Å². The number of hydrogen-bond acceptors (Lipinski definition) is 4. The van der Waals surface area contributed by atoms with Gasteiger partial charge in [-0.15, -0.1) is 0 Å². The average Bonchev–Trinajstić information content (AvgIpc) is 2.67. The maximum absolute atomic E-state index is 12.2. The number of aromatic nitrogens is 1. The third-order valence-corrected chi connectivity index (χ3v) is 4.87. The van der Waals surface area contributed by atoms with Crippen LogP contribution < -0.4 is 5.32 Å². The molecule has 0 atom stereocenters. The third-order valence-electron chi connectivity index (χ3n) is 3.11. The lowest BCUT2D eigenvalue weighted by Crippen LogP contribution is -2.61. The SMILES string of the molecule is CNC(=O)c1cc(S(=O)(=O)N2CC(C)(O)C2)cn1C. The molecule has 1 fully saturated rings. The van der Waals surface area contributed by atoms with Gasteiger partial charge in [-0.3, -0.25) is 4.79 Å². The van der Waals surface area contributed by atoms with E-state index in [2.05, 4.69) is 5.32 Å². The summed E-state index contributed by atoms with van der Waals surface area (Å²) < 4.78 is 27.1. The first-order valence-corrected chi connectivity index (χ1v) is 7.22. The molecule has 2 heterocycles. The molecule has 1 aliphatic heterocycles. The molecular weight excluding hydrogens is 270 g/mol. The summed E-state index contributed by atoms with van der Waals surface area (Å²) in [7, 11) is -0.555. The quantitative estimate of drug-likeness (QED) is 0.757. The van der Waals surface area contributed by atoms with Gasteiger partial charge in [0.25, 0.3) is 5.91 Å². The first-order chi connectivity index (χ1) is 8.67. The molecule has 7 nitrogen and oxygen atoms in total. The van der Waals surface area contributed by atoms with Gasteiger partial charge in [-0.05, 0) is 13.0 Å². The Hall–Kier alpha value is -1.38. The van der Waals surface area contributed by atoms with Gasteiger partial charge < -0.3 is 15.0 Å². The van der Waals surface area contributed by atoms with Crippen molar-refractivity contribution in [2.75, 3.05) is 20.1 Å². The molecule has 0 aromatic carbocycles. The van der Waals surface area contributed by atoms with Crippen LogP contribution in [-0.2, 0) is 17.1 Å². The van der Waals surface area contributed by atoms with Crippen molar-refractivity contribution in [1.82, 2.24) is 14.2 Å². The van der Waals surface area contributed by atoms with E-state index >= 15 is 0 Å². The second kappa shape index (κ2) is 4.32. The summed E-state index contributed by atoms with van der Waals surface area (Å²) in [6, 6.07) is 1.33. The van der Waals surface area contributed by atoms with Crippen LogP contribution in [-0.4, -0.2) is 54.0 Å². The predicted octanol–water partition coefficient (Wildman–Crippen LogP) is -0.860. The molecule has 2 N–H and O–H groups in total. The van der Waals surface area contributed by atoms with Crippen LogP contribution in [0.2, 0.25) is 0 Å². The molecule has 0 radical (unpaired) electrons. The Bertz CT molecular complexity index is 610. The standard InChI is InChI=1S/C11H17N3O4S/c1-11(16)6-14(7-11)19(17,18)8-4-9(10(15)12-2)13(3)5-8/h4-5,16H,6-7H2,1-3H3,(H,12,15). The first-order valence-electron chi connectivity index (χ1n) is 5.78. The zero-order valence-corrected chi connectivity index (χ0v) is 11.9. The Morgan fingerprint density at radius 3 is 2.53 bits per heavy atom. The van der Waals surface area contributed by atoms with Crippen LogP contribution in [0, 0.1) is 0 Å². The van der Waals surface area contributed by atoms with Gasteiger partial charge in [0.15, 0.2) is 0 Å². The highest BCUT2D eigenvalue weighted by atomic mass is 32.2. The van der Waals surface area contributed by atoms with Crippen LogP contribution in [0.3, 0.4) is 0 Å². The molecule has 19 heavy (non-hydrogen) atoms. The molecule has 106 valence electrons. The van der Waals surface area contributed by atoms with E-state index in [1.54, 1.807) is 14.0 Å². The molecule has 1 saturated heterocycles. The summed E-state index contributed by atoms with van der Waals surface area (Å²) in [5, 5.41) is 12.1. The summed E-state index contributed by atoms with van der Waals surface area (Å²) in [5.74, 6) is -0.348. The summed E-state index contributed by atoms with van der Waals surface area (Å²) in [5.41, 5.74) is -0.695. The Labute approximate surface area is 111 Å². The average molecular weight is 287 g/mol. The van der Waals surface area contributed by atoms with E-state index in [9.17, 15) is 18.3 Å². The van der Waals surface area contributed by atoms with Crippen LogP contribution in [0.4, 0.5) is 0 Å². The maximum atomic E-state index is 12.2. The van der Waals surface area contributed by atoms with Crippen molar-refractivity contribution in [2.45, 2.75) is 17.4 Å². The molecule has 1 aromatic rings. The molecule has 0 spiro atoms. The van der Waals surface area contributed by atoms with Crippen molar-refractivity contribution in [3.8, 4) is 0 Å². The van der Waals surface area contributed by atoms with Gasteiger partial charge in [0, 0.05) is 33.4 Å². The normalized spacial score (nSPS) is 18.9. The lowest BCUT2D eigenvalue weighted by Gasteiger charge is -2.42. The zero-order valence-electron chi connectivity index (χ0n) is 11.0. The lowest BCUT2D eigenvalue weighted by molar-refractivity contribution is -0.0426. The van der Waals surface area contributed by atoms with Crippen molar-refractivity contribution >= 4 is 15.9 Å². The summed E-state index contributed by atoms with van der Waals surface area (Å²) in [6.07, 6.45) is 1.40. The minimum atomic E-state index is -3.64. The molecule has 0 unspecified atom stereocenters. The van der Waals surface area contributed by atoms with Gasteiger partial charge in [0.2, 0.25) is 10.0 Å². The van der Waals surface area contributed by atoms with Crippen LogP contribution >= 0.6 is 0 Å². The number of carbonyl (C=O) groups excluding carboxylic acids is 1. The fourth-order valence-corrected chi connectivity index (χ4v) is 3.81. The second-order valence-electron chi connectivity index (χ2n) is 5.02. The highest BCUT2D eigenvalue weighted by molar-refractivity contribution is 7.89. The number of aryl methyl sites for hydroxylation is 1. The molecule has 1 aromatic heterocycles. The van der Waals surface area contributed by atoms with E-state index in [1.807, 2.05) is 0 Å². The highest BCUT2D eigenvalue weighted by Crippen LogP contribution is 2.28. The van der Waals surface area contributed by atoms with E-state index < -0.39 is 15.6 Å². The largest absolute Gasteiger partial charge is 0.387 e. The fourth-order valence-electron chi connectivity index (χ4n) is 2.06. The second-order valence-corrected chi connectivity index (χ2v) is 6.96. The van der Waals surface area contributed by atoms with Crippen molar-refractivity contribution in [2.24, 2.45) is 7.05 Å². The van der Waals surface area contributed by atoms with Crippen LogP contribution in [0.15, 0.2) is 17.2 Å². The smallest absolute Gasteiger partial charge is 0.267 e. The molecule has 0 bridgehead atoms. The van der Waals surface area contributed by atoms with E-state index in [4.69, 9.17) is 0 Å². The van der Waals surface area contributed by atoms with E-state index in [1.165, 1.54) is 28.2 Å². The van der Waals surface area contributed by atoms with Gasteiger partial charge in [0.05, 0.1) is 5.60 Å². The van der Waals surface area contributed by atoms with Crippen molar-refractivity contribution in [1.29, 1.82) is 0 Å². The van der Waals surface area contributed by atoms with Crippen LogP contribution in [0.25, 0.3) is 0 Å². The number of nitrogens with zero attached hydrogens (tertiary/aromatic N) is 2. The number of β-amino-alcohol motifs (C(OH)–C–C–N with tert-alkyl or cyclic N) is 1. The molecule has 0 aliphatic carbocycles. The summed E-state index contributed by atoms with van der Waals surface area (Å²) >= 11 is 0. The number of amides is 1. The van der Waals surface area contributed by atoms with E-state index in [0.717, 1.165) is 0 Å². The van der Waals surface area contributed by atoms with Gasteiger partial charge in [0.1, 0.15) is 10.6 Å². The Kier molecular flexibility index (Phi) is 3.20. The predicted molar refractivity (Wildman–Crippen MR) is 68.2 cm³/mol. The van der Waals surface area contributed by atoms with Crippen molar-refractivity contribution in [3.63, 3.8) is 0 Å². The molecular formula is C11H17N3O4S. The topological polar surface area (TPSA) is 91.6 Å². The number of aliphatic hydroxyl groups is 1. The molecule has 0 saturated carbocycles. The lowest BCUT2D eigenvalue weighted by atomic mass is 10.0. The molecule has 1 amide bonds. The van der Waals surface area contributed by atoms with E-state index in [-0.39, 0.29) is 29.6 Å². The summed E-state index contributed by atoms with van der Waals surface area (Å²) in [4.78, 5) is 11.6. The summed E-state index contributed by atoms with van der Waals surface area (Å²) in [6.45, 7) is 1.72. The van der Waals surface area contributed by atoms with Crippen LogP contribution in [0.1, 0.15) is 17.4 Å². The van der Waals surface area contributed by atoms with Crippen molar-refractivity contribution < 1.29 is 18.3 Å². The minimum absolute atomic E-state index is 0.0594. The van der Waals surface area contributed by atoms with Gasteiger partial charge in [-0.1, -0.05) is 0 Å².